The number of carbonyl (C=O) groups excluding carboxylic acids is 2. The molecule has 2 heterocycles. The summed E-state index contributed by atoms with van der Waals surface area (Å²) in [7, 11) is 0. The molecule has 0 spiro atoms. The molecule has 0 aliphatic rings. The lowest BCUT2D eigenvalue weighted by Gasteiger charge is -2.07. The molecule has 0 unspecified atom stereocenters. The number of hydrogen-bond donors (Lipinski definition) is 2. The van der Waals surface area contributed by atoms with Gasteiger partial charge in [0, 0.05) is 13.0 Å². The number of rotatable bonds is 5. The van der Waals surface area contributed by atoms with Crippen LogP contribution in [0.1, 0.15) is 28.5 Å². The molecule has 0 aliphatic carbocycles. The van der Waals surface area contributed by atoms with E-state index in [0.29, 0.717) is 5.69 Å². The Kier molecular flexibility index (Phi) is 4.93. The van der Waals surface area contributed by atoms with E-state index < -0.39 is 17.3 Å². The molecule has 0 saturated carbocycles. The average Bonchev–Trinajstić information content (AvgIpc) is 3.09. The van der Waals surface area contributed by atoms with Gasteiger partial charge in [0.15, 0.2) is 17.8 Å². The monoisotopic (exact) mass is 352 g/mol. The first-order chi connectivity index (χ1) is 12.6. The first-order valence-electron chi connectivity index (χ1n) is 7.80. The number of fused-ring (bicyclic) bond motifs is 1. The van der Waals surface area contributed by atoms with Crippen molar-refractivity contribution in [3.05, 3.63) is 69.8 Å². The molecule has 1 aromatic carbocycles. The summed E-state index contributed by atoms with van der Waals surface area (Å²) in [6.07, 6.45) is 4.99. The Morgan fingerprint density at radius 1 is 1.27 bits per heavy atom. The van der Waals surface area contributed by atoms with Gasteiger partial charge in [0.2, 0.25) is 0 Å². The fourth-order valence-corrected chi connectivity index (χ4v) is 2.39. The van der Waals surface area contributed by atoms with Gasteiger partial charge in [-0.05, 0) is 11.6 Å². The molecule has 0 radical (unpaired) electrons. The Labute approximate surface area is 148 Å². The maximum atomic E-state index is 12.4. The number of aromatic amines is 1. The van der Waals surface area contributed by atoms with Gasteiger partial charge in [-0.1, -0.05) is 36.4 Å². The molecule has 2 aromatic heterocycles. The first kappa shape index (κ1) is 17.2. The smallest absolute Gasteiger partial charge is 0.304 e. The zero-order chi connectivity index (χ0) is 18.5. The highest BCUT2D eigenvalue weighted by Crippen LogP contribution is 2.10. The first-order valence-corrected chi connectivity index (χ1v) is 7.80. The number of ether oxygens (including phenoxy) is 1. The maximum absolute atomic E-state index is 12.4. The van der Waals surface area contributed by atoms with Gasteiger partial charge in [0.1, 0.15) is 11.9 Å². The van der Waals surface area contributed by atoms with Gasteiger partial charge in [-0.15, -0.1) is 0 Å². The summed E-state index contributed by atoms with van der Waals surface area (Å²) in [6, 6.07) is 10.9. The van der Waals surface area contributed by atoms with E-state index in [4.69, 9.17) is 0 Å². The Balaban J connectivity index is 1.94. The average molecular weight is 352 g/mol. The number of amides is 1. The summed E-state index contributed by atoms with van der Waals surface area (Å²) in [5, 5.41) is 5.23. The number of H-pyrrole nitrogens is 1. The Morgan fingerprint density at radius 3 is 2.77 bits per heavy atom. The van der Waals surface area contributed by atoms with Crippen LogP contribution in [0.15, 0.2) is 47.5 Å². The molecule has 2 N–H and O–H groups in total. The fraction of sp³-hybridized carbons (Fsp3) is 0.111. The van der Waals surface area contributed by atoms with Crippen LogP contribution in [0.4, 0.5) is 0 Å². The largest absolute Gasteiger partial charge is 0.445 e. The summed E-state index contributed by atoms with van der Waals surface area (Å²) in [6.45, 7) is 0.903. The zero-order valence-corrected chi connectivity index (χ0v) is 13.9. The quantitative estimate of drug-likeness (QED) is 0.534. The van der Waals surface area contributed by atoms with Crippen molar-refractivity contribution in [1.29, 1.82) is 0 Å². The Bertz CT molecular complexity index is 1030. The number of hydrogen-bond acceptors (Lipinski definition) is 5. The molecule has 8 nitrogen and oxygen atoms in total. The van der Waals surface area contributed by atoms with Crippen LogP contribution in [0.5, 0.6) is 0 Å². The minimum Gasteiger partial charge on any atom is -0.445 e. The number of aromatic nitrogens is 3. The number of pyridine rings is 1. The Hall–Kier alpha value is -3.68. The van der Waals surface area contributed by atoms with E-state index in [1.165, 1.54) is 23.8 Å². The zero-order valence-electron chi connectivity index (χ0n) is 13.9. The standard InChI is InChI=1S/C18H16N4O4/c1-12(23)26-11-20-18(25)16-15(24)9-14(22-17(16)19-10-21-22)8-7-13-5-3-2-4-6-13/h2-10H,11H2,1H3,(H,19,21)(H,20,25). The lowest BCUT2D eigenvalue weighted by Crippen LogP contribution is -2.32. The van der Waals surface area contributed by atoms with Gasteiger partial charge in [-0.25, -0.2) is 9.50 Å². The molecule has 0 fully saturated rings. The SMILES string of the molecule is CC(=O)OCNC(=O)c1c(=O)cc(C=Cc2ccccc2)n2[nH]cnc12. The molecule has 26 heavy (non-hydrogen) atoms. The summed E-state index contributed by atoms with van der Waals surface area (Å²) >= 11 is 0. The van der Waals surface area contributed by atoms with E-state index in [1.807, 2.05) is 36.4 Å². The van der Waals surface area contributed by atoms with Crippen LogP contribution in [0.25, 0.3) is 17.8 Å². The number of nitrogens with one attached hydrogen (secondary N) is 2. The predicted octanol–water partition coefficient (Wildman–Crippen LogP) is 1.44. The van der Waals surface area contributed by atoms with Crippen LogP contribution in [0, 0.1) is 0 Å². The van der Waals surface area contributed by atoms with Crippen LogP contribution in [0.2, 0.25) is 0 Å². The van der Waals surface area contributed by atoms with Crippen molar-refractivity contribution in [2.75, 3.05) is 6.73 Å². The van der Waals surface area contributed by atoms with E-state index in [2.05, 4.69) is 20.1 Å². The van der Waals surface area contributed by atoms with E-state index in [0.717, 1.165) is 5.56 Å². The normalized spacial score (nSPS) is 11.0. The molecule has 1 amide bonds. The minimum absolute atomic E-state index is 0.129. The van der Waals surface area contributed by atoms with Gasteiger partial charge >= 0.3 is 5.97 Å². The minimum atomic E-state index is -0.667. The molecule has 0 aliphatic heterocycles. The lowest BCUT2D eigenvalue weighted by molar-refractivity contribution is -0.141. The molecule has 3 rings (SSSR count). The van der Waals surface area contributed by atoms with Crippen LogP contribution >= 0.6 is 0 Å². The van der Waals surface area contributed by atoms with Crippen molar-refractivity contribution in [2.24, 2.45) is 0 Å². The molecule has 8 heteroatoms. The second kappa shape index (κ2) is 7.47. The van der Waals surface area contributed by atoms with Gasteiger partial charge in [0.25, 0.3) is 5.91 Å². The molecule has 0 atom stereocenters. The molecule has 0 bridgehead atoms. The third-order valence-corrected chi connectivity index (χ3v) is 3.57. The molecular formula is C18H16N4O4. The topological polar surface area (TPSA) is 106 Å². The van der Waals surface area contributed by atoms with Crippen LogP contribution in [0.3, 0.4) is 0 Å². The fourth-order valence-electron chi connectivity index (χ4n) is 2.39. The van der Waals surface area contributed by atoms with Crippen molar-refractivity contribution in [2.45, 2.75) is 6.92 Å². The molecule has 0 saturated heterocycles. The van der Waals surface area contributed by atoms with Gasteiger partial charge in [-0.3, -0.25) is 19.5 Å². The van der Waals surface area contributed by atoms with Crippen LogP contribution < -0.4 is 10.7 Å². The van der Waals surface area contributed by atoms with Gasteiger partial charge in [0.05, 0.1) is 5.69 Å². The maximum Gasteiger partial charge on any atom is 0.304 e. The highest BCUT2D eigenvalue weighted by Gasteiger charge is 2.18. The molecular weight excluding hydrogens is 336 g/mol. The summed E-state index contributed by atoms with van der Waals surface area (Å²) in [5.41, 5.74) is 1.09. The third-order valence-electron chi connectivity index (χ3n) is 3.57. The van der Waals surface area contributed by atoms with Crippen LogP contribution in [-0.4, -0.2) is 33.2 Å². The van der Waals surface area contributed by atoms with E-state index in [-0.39, 0.29) is 17.9 Å². The number of esters is 1. The van der Waals surface area contributed by atoms with Crippen molar-refractivity contribution in [3.8, 4) is 0 Å². The molecule has 132 valence electrons. The second-order valence-corrected chi connectivity index (χ2v) is 5.38. The lowest BCUT2D eigenvalue weighted by atomic mass is 10.1. The van der Waals surface area contributed by atoms with Crippen LogP contribution in [-0.2, 0) is 9.53 Å². The third kappa shape index (κ3) is 3.69. The summed E-state index contributed by atoms with van der Waals surface area (Å²) in [5.74, 6) is -1.20. The van der Waals surface area contributed by atoms with E-state index in [9.17, 15) is 14.4 Å². The highest BCUT2D eigenvalue weighted by molar-refractivity contribution is 5.99. The van der Waals surface area contributed by atoms with Crippen molar-refractivity contribution in [1.82, 2.24) is 19.9 Å². The summed E-state index contributed by atoms with van der Waals surface area (Å²) < 4.78 is 6.19. The van der Waals surface area contributed by atoms with Crippen molar-refractivity contribution >= 4 is 29.7 Å². The molecule has 3 aromatic rings. The number of benzene rings is 1. The highest BCUT2D eigenvalue weighted by atomic mass is 16.5. The number of carbonyl (C=O) groups is 2. The van der Waals surface area contributed by atoms with Crippen molar-refractivity contribution < 1.29 is 14.3 Å². The predicted molar refractivity (Wildman–Crippen MR) is 95.3 cm³/mol. The second-order valence-electron chi connectivity index (χ2n) is 5.38. The van der Waals surface area contributed by atoms with Gasteiger partial charge in [-0.2, -0.15) is 0 Å². The van der Waals surface area contributed by atoms with Crippen molar-refractivity contribution in [3.63, 3.8) is 0 Å². The van der Waals surface area contributed by atoms with Gasteiger partial charge < -0.3 is 10.1 Å². The Morgan fingerprint density at radius 2 is 2.04 bits per heavy atom. The van der Waals surface area contributed by atoms with E-state index in [1.54, 1.807) is 6.08 Å². The summed E-state index contributed by atoms with van der Waals surface area (Å²) in [4.78, 5) is 39.5. The number of nitrogens with zero attached hydrogens (tertiary/aromatic N) is 2. The van der Waals surface area contributed by atoms with E-state index >= 15 is 0 Å².